The highest BCUT2D eigenvalue weighted by molar-refractivity contribution is 5.78. The summed E-state index contributed by atoms with van der Waals surface area (Å²) >= 11 is 0. The van der Waals surface area contributed by atoms with Gasteiger partial charge in [-0.15, -0.1) is 0 Å². The minimum absolute atomic E-state index is 0.0125. The van der Waals surface area contributed by atoms with E-state index >= 15 is 0 Å². The molecule has 1 aliphatic heterocycles. The molecule has 0 spiro atoms. The van der Waals surface area contributed by atoms with Crippen molar-refractivity contribution < 1.29 is 18.8 Å². The lowest BCUT2D eigenvalue weighted by molar-refractivity contribution is -0.135. The van der Waals surface area contributed by atoms with Gasteiger partial charge in [0.15, 0.2) is 6.61 Å². The normalized spacial score (nSPS) is 14.6. The van der Waals surface area contributed by atoms with Crippen molar-refractivity contribution in [2.24, 2.45) is 0 Å². The highest BCUT2D eigenvalue weighted by Gasteiger charge is 2.22. The number of piperazine rings is 1. The molecule has 0 saturated carbocycles. The van der Waals surface area contributed by atoms with E-state index in [9.17, 15) is 4.79 Å². The fourth-order valence-electron chi connectivity index (χ4n) is 3.62. The maximum absolute atomic E-state index is 12.5. The number of rotatable bonds is 7. The summed E-state index contributed by atoms with van der Waals surface area (Å²) < 4.78 is 16.3. The molecule has 8 nitrogen and oxygen atoms in total. The van der Waals surface area contributed by atoms with Crippen LogP contribution in [0.3, 0.4) is 0 Å². The van der Waals surface area contributed by atoms with Crippen LogP contribution in [0.2, 0.25) is 0 Å². The Labute approximate surface area is 187 Å². The highest BCUT2D eigenvalue weighted by atomic mass is 16.5. The SMILES string of the molecule is COc1ccc(-c2noc(-c3ccc(OCC(=O)N4CCN(C(C)C)CC4)cc3)n2)cc1. The Morgan fingerprint density at radius 3 is 2.22 bits per heavy atom. The molecule has 0 radical (unpaired) electrons. The first-order valence-electron chi connectivity index (χ1n) is 10.8. The number of hydrogen-bond acceptors (Lipinski definition) is 7. The van der Waals surface area contributed by atoms with E-state index in [0.717, 1.165) is 43.1 Å². The number of benzene rings is 2. The van der Waals surface area contributed by atoms with Gasteiger partial charge in [-0.25, -0.2) is 0 Å². The Hall–Kier alpha value is -3.39. The smallest absolute Gasteiger partial charge is 0.260 e. The van der Waals surface area contributed by atoms with Crippen LogP contribution in [0.5, 0.6) is 11.5 Å². The zero-order valence-corrected chi connectivity index (χ0v) is 18.7. The zero-order valence-electron chi connectivity index (χ0n) is 18.7. The third-order valence-corrected chi connectivity index (χ3v) is 5.64. The van der Waals surface area contributed by atoms with Gasteiger partial charge in [-0.1, -0.05) is 5.16 Å². The van der Waals surface area contributed by atoms with Crippen molar-refractivity contribution >= 4 is 5.91 Å². The van der Waals surface area contributed by atoms with Gasteiger partial charge in [0.25, 0.3) is 11.8 Å². The lowest BCUT2D eigenvalue weighted by atomic mass is 10.2. The molecule has 1 aromatic heterocycles. The quantitative estimate of drug-likeness (QED) is 0.562. The van der Waals surface area contributed by atoms with Crippen LogP contribution in [-0.4, -0.2) is 71.8 Å². The summed E-state index contributed by atoms with van der Waals surface area (Å²) in [5, 5.41) is 4.06. The fourth-order valence-corrected chi connectivity index (χ4v) is 3.62. The number of carbonyl (C=O) groups is 1. The zero-order chi connectivity index (χ0) is 22.5. The topological polar surface area (TPSA) is 80.9 Å². The molecule has 32 heavy (non-hydrogen) atoms. The summed E-state index contributed by atoms with van der Waals surface area (Å²) in [6, 6.07) is 15.3. The van der Waals surface area contributed by atoms with Gasteiger partial charge >= 0.3 is 0 Å². The van der Waals surface area contributed by atoms with E-state index in [1.807, 2.05) is 41.3 Å². The Kier molecular flexibility index (Phi) is 6.70. The van der Waals surface area contributed by atoms with Crippen LogP contribution in [0.4, 0.5) is 0 Å². The predicted octanol–water partition coefficient (Wildman–Crippen LogP) is 3.34. The molecule has 0 N–H and O–H groups in total. The van der Waals surface area contributed by atoms with Crippen molar-refractivity contribution in [2.75, 3.05) is 39.9 Å². The van der Waals surface area contributed by atoms with Gasteiger partial charge in [0.05, 0.1) is 7.11 Å². The third-order valence-electron chi connectivity index (χ3n) is 5.64. The van der Waals surface area contributed by atoms with Crippen LogP contribution in [0.25, 0.3) is 22.8 Å². The average molecular weight is 437 g/mol. The number of amides is 1. The van der Waals surface area contributed by atoms with E-state index in [4.69, 9.17) is 14.0 Å². The number of hydrogen-bond donors (Lipinski definition) is 0. The van der Waals surface area contributed by atoms with E-state index in [2.05, 4.69) is 28.9 Å². The minimum Gasteiger partial charge on any atom is -0.497 e. The molecular formula is C24H28N4O4. The molecule has 3 aromatic rings. The summed E-state index contributed by atoms with van der Waals surface area (Å²) in [7, 11) is 1.62. The first kappa shape index (κ1) is 21.8. The second-order valence-corrected chi connectivity index (χ2v) is 7.98. The van der Waals surface area contributed by atoms with E-state index in [1.54, 1.807) is 19.2 Å². The number of aromatic nitrogens is 2. The molecule has 168 valence electrons. The lowest BCUT2D eigenvalue weighted by Crippen LogP contribution is -2.51. The molecule has 1 fully saturated rings. The predicted molar refractivity (Wildman–Crippen MR) is 121 cm³/mol. The van der Waals surface area contributed by atoms with Gasteiger partial charge < -0.3 is 18.9 Å². The van der Waals surface area contributed by atoms with Gasteiger partial charge in [0, 0.05) is 43.3 Å². The Morgan fingerprint density at radius 1 is 0.969 bits per heavy atom. The van der Waals surface area contributed by atoms with E-state index in [-0.39, 0.29) is 12.5 Å². The van der Waals surface area contributed by atoms with Gasteiger partial charge in [-0.3, -0.25) is 9.69 Å². The fraction of sp³-hybridized carbons (Fsp3) is 0.375. The number of nitrogens with zero attached hydrogens (tertiary/aromatic N) is 4. The Morgan fingerprint density at radius 2 is 1.59 bits per heavy atom. The van der Waals surface area contributed by atoms with Gasteiger partial charge in [-0.2, -0.15) is 4.98 Å². The molecule has 1 saturated heterocycles. The first-order valence-corrected chi connectivity index (χ1v) is 10.8. The van der Waals surface area contributed by atoms with E-state index < -0.39 is 0 Å². The average Bonchev–Trinajstić information content (AvgIpc) is 3.33. The van der Waals surface area contributed by atoms with Crippen molar-refractivity contribution in [3.63, 3.8) is 0 Å². The monoisotopic (exact) mass is 436 g/mol. The summed E-state index contributed by atoms with van der Waals surface area (Å²) in [4.78, 5) is 21.2. The lowest BCUT2D eigenvalue weighted by Gasteiger charge is -2.36. The molecule has 1 amide bonds. The molecule has 2 aromatic carbocycles. The first-order chi connectivity index (χ1) is 15.5. The molecule has 4 rings (SSSR count). The van der Waals surface area contributed by atoms with Crippen molar-refractivity contribution in [3.05, 3.63) is 48.5 Å². The summed E-state index contributed by atoms with van der Waals surface area (Å²) in [5.41, 5.74) is 1.62. The standard InChI is InChI=1S/C24H28N4O4/c1-17(2)27-12-14-28(15-13-27)22(29)16-31-21-10-6-19(7-11-21)24-25-23(26-32-24)18-4-8-20(30-3)9-5-18/h4-11,17H,12-16H2,1-3H3. The minimum atomic E-state index is 0.0125. The Bertz CT molecular complexity index is 1020. The van der Waals surface area contributed by atoms with Crippen molar-refractivity contribution in [1.82, 2.24) is 19.9 Å². The van der Waals surface area contributed by atoms with Crippen LogP contribution >= 0.6 is 0 Å². The second kappa shape index (κ2) is 9.82. The van der Waals surface area contributed by atoms with Gasteiger partial charge in [0.2, 0.25) is 5.82 Å². The maximum atomic E-state index is 12.5. The molecule has 0 bridgehead atoms. The van der Waals surface area contributed by atoms with Crippen LogP contribution in [0, 0.1) is 0 Å². The number of carbonyl (C=O) groups excluding carboxylic acids is 1. The molecule has 8 heteroatoms. The van der Waals surface area contributed by atoms with Crippen molar-refractivity contribution in [1.29, 1.82) is 0 Å². The van der Waals surface area contributed by atoms with E-state index in [0.29, 0.717) is 23.5 Å². The highest BCUT2D eigenvalue weighted by Crippen LogP contribution is 2.25. The van der Waals surface area contributed by atoms with Crippen molar-refractivity contribution in [2.45, 2.75) is 19.9 Å². The molecular weight excluding hydrogens is 408 g/mol. The van der Waals surface area contributed by atoms with E-state index in [1.165, 1.54) is 0 Å². The summed E-state index contributed by atoms with van der Waals surface area (Å²) in [6.07, 6.45) is 0. The Balaban J connectivity index is 1.31. The molecule has 0 aliphatic carbocycles. The van der Waals surface area contributed by atoms with Gasteiger partial charge in [-0.05, 0) is 62.4 Å². The molecule has 0 atom stereocenters. The molecule has 2 heterocycles. The molecule has 1 aliphatic rings. The van der Waals surface area contributed by atoms with Crippen molar-refractivity contribution in [3.8, 4) is 34.3 Å². The van der Waals surface area contributed by atoms with Crippen LogP contribution in [0.1, 0.15) is 13.8 Å². The maximum Gasteiger partial charge on any atom is 0.260 e. The number of methoxy groups -OCH3 is 1. The summed E-state index contributed by atoms with van der Waals surface area (Å²) in [5.74, 6) is 2.33. The number of ether oxygens (including phenoxy) is 2. The van der Waals surface area contributed by atoms with Crippen LogP contribution in [-0.2, 0) is 4.79 Å². The summed E-state index contributed by atoms with van der Waals surface area (Å²) in [6.45, 7) is 7.68. The molecule has 0 unspecified atom stereocenters. The van der Waals surface area contributed by atoms with Crippen LogP contribution < -0.4 is 9.47 Å². The van der Waals surface area contributed by atoms with Crippen LogP contribution in [0.15, 0.2) is 53.1 Å². The second-order valence-electron chi connectivity index (χ2n) is 7.98. The largest absolute Gasteiger partial charge is 0.497 e. The van der Waals surface area contributed by atoms with Gasteiger partial charge in [0.1, 0.15) is 11.5 Å². The third kappa shape index (κ3) is 5.08.